The topological polar surface area (TPSA) is 12.0 Å². The maximum Gasteiger partial charge on any atom is 0.123 e. The molecule has 4 heteroatoms. The lowest BCUT2D eigenvalue weighted by Gasteiger charge is -2.24. The third-order valence-corrected chi connectivity index (χ3v) is 4.37. The first-order chi connectivity index (χ1) is 8.24. The Morgan fingerprint density at radius 3 is 2.82 bits per heavy atom. The first kappa shape index (κ1) is 11.2. The maximum absolute atomic E-state index is 12.9. The number of hydrogen-bond donors (Lipinski definition) is 1. The van der Waals surface area contributed by atoms with E-state index in [2.05, 4.69) is 5.32 Å². The fraction of sp³-hybridized carbons (Fsp3) is 0.231. The highest BCUT2D eigenvalue weighted by Gasteiger charge is 2.23. The van der Waals surface area contributed by atoms with Crippen molar-refractivity contribution in [1.82, 2.24) is 5.32 Å². The predicted octanol–water partition coefficient (Wildman–Crippen LogP) is 3.78. The molecule has 1 unspecified atom stereocenters. The molecular weight excluding hydrogens is 257 g/mol. The zero-order valence-electron chi connectivity index (χ0n) is 9.04. The van der Waals surface area contributed by atoms with Crippen LogP contribution in [0.25, 0.3) is 0 Å². The van der Waals surface area contributed by atoms with Gasteiger partial charge in [-0.05, 0) is 35.7 Å². The van der Waals surface area contributed by atoms with Crippen LogP contribution in [0.3, 0.4) is 0 Å². The fourth-order valence-electron chi connectivity index (χ4n) is 2.24. The second-order valence-electron chi connectivity index (χ2n) is 4.12. The van der Waals surface area contributed by atoms with Crippen molar-refractivity contribution in [3.8, 4) is 0 Å². The summed E-state index contributed by atoms with van der Waals surface area (Å²) in [5.74, 6) is -0.201. The Hall–Kier alpha value is -0.900. The van der Waals surface area contributed by atoms with E-state index in [1.807, 2.05) is 18.2 Å². The molecule has 1 nitrogen and oxygen atoms in total. The molecule has 88 valence electrons. The highest BCUT2D eigenvalue weighted by atomic mass is 35.5. The van der Waals surface area contributed by atoms with Crippen molar-refractivity contribution in [2.24, 2.45) is 0 Å². The van der Waals surface area contributed by atoms with Crippen LogP contribution in [0.15, 0.2) is 30.3 Å². The Morgan fingerprint density at radius 1 is 1.29 bits per heavy atom. The molecule has 2 aromatic rings. The van der Waals surface area contributed by atoms with Crippen molar-refractivity contribution in [3.05, 3.63) is 56.5 Å². The molecular formula is C13H11ClFNS. The summed E-state index contributed by atoms with van der Waals surface area (Å²) in [4.78, 5) is 1.34. The van der Waals surface area contributed by atoms with Gasteiger partial charge in [-0.3, -0.25) is 0 Å². The molecule has 0 spiro atoms. The monoisotopic (exact) mass is 267 g/mol. The molecule has 0 amide bonds. The Labute approximate surface area is 108 Å². The van der Waals surface area contributed by atoms with Gasteiger partial charge < -0.3 is 5.32 Å². The molecule has 0 saturated heterocycles. The SMILES string of the molecule is Fc1ccc(C2NCCc3sc(Cl)cc32)cc1. The number of nitrogens with one attached hydrogen (secondary N) is 1. The van der Waals surface area contributed by atoms with Crippen molar-refractivity contribution in [2.45, 2.75) is 12.5 Å². The molecule has 1 aliphatic heterocycles. The number of benzene rings is 1. The second kappa shape index (κ2) is 4.41. The first-order valence-corrected chi connectivity index (χ1v) is 6.70. The molecule has 0 radical (unpaired) electrons. The van der Waals surface area contributed by atoms with Gasteiger partial charge in [0.1, 0.15) is 5.82 Å². The molecule has 1 N–H and O–H groups in total. The second-order valence-corrected chi connectivity index (χ2v) is 5.89. The van der Waals surface area contributed by atoms with E-state index in [1.165, 1.54) is 22.6 Å². The Bertz CT molecular complexity index is 535. The van der Waals surface area contributed by atoms with E-state index in [-0.39, 0.29) is 11.9 Å². The summed E-state index contributed by atoms with van der Waals surface area (Å²) in [6, 6.07) is 8.81. The third kappa shape index (κ3) is 2.10. The predicted molar refractivity (Wildman–Crippen MR) is 69.3 cm³/mol. The molecule has 17 heavy (non-hydrogen) atoms. The van der Waals surface area contributed by atoms with Gasteiger partial charge in [-0.15, -0.1) is 11.3 Å². The quantitative estimate of drug-likeness (QED) is 0.829. The zero-order chi connectivity index (χ0) is 11.8. The average molecular weight is 268 g/mol. The number of halogens is 2. The van der Waals surface area contributed by atoms with Crippen LogP contribution in [0.2, 0.25) is 4.34 Å². The molecule has 0 saturated carbocycles. The summed E-state index contributed by atoms with van der Waals surface area (Å²) >= 11 is 7.70. The van der Waals surface area contributed by atoms with E-state index in [0.29, 0.717) is 0 Å². The van der Waals surface area contributed by atoms with Crippen LogP contribution in [-0.4, -0.2) is 6.54 Å². The minimum atomic E-state index is -0.201. The standard InChI is InChI=1S/C13H11ClFNS/c14-12-7-10-11(17-12)5-6-16-13(10)8-1-3-9(15)4-2-8/h1-4,7,13,16H,5-6H2. The Balaban J connectivity index is 2.02. The molecule has 0 aliphatic carbocycles. The number of rotatable bonds is 1. The lowest BCUT2D eigenvalue weighted by atomic mass is 9.95. The van der Waals surface area contributed by atoms with Crippen LogP contribution in [0.1, 0.15) is 22.0 Å². The van der Waals surface area contributed by atoms with E-state index in [1.54, 1.807) is 11.3 Å². The number of fused-ring (bicyclic) bond motifs is 1. The molecule has 1 aromatic heterocycles. The van der Waals surface area contributed by atoms with Gasteiger partial charge in [0.15, 0.2) is 0 Å². The van der Waals surface area contributed by atoms with E-state index in [9.17, 15) is 4.39 Å². The van der Waals surface area contributed by atoms with E-state index < -0.39 is 0 Å². The van der Waals surface area contributed by atoms with E-state index >= 15 is 0 Å². The van der Waals surface area contributed by atoms with Crippen LogP contribution in [-0.2, 0) is 6.42 Å². The fourth-order valence-corrected chi connectivity index (χ4v) is 3.56. The number of hydrogen-bond acceptors (Lipinski definition) is 2. The van der Waals surface area contributed by atoms with Gasteiger partial charge in [-0.1, -0.05) is 23.7 Å². The van der Waals surface area contributed by atoms with Crippen LogP contribution < -0.4 is 5.32 Å². The highest BCUT2D eigenvalue weighted by molar-refractivity contribution is 7.16. The van der Waals surface area contributed by atoms with Crippen LogP contribution in [0.4, 0.5) is 4.39 Å². The van der Waals surface area contributed by atoms with Crippen LogP contribution >= 0.6 is 22.9 Å². The van der Waals surface area contributed by atoms with Gasteiger partial charge in [0, 0.05) is 11.4 Å². The lowest BCUT2D eigenvalue weighted by Crippen LogP contribution is -2.29. The molecule has 1 atom stereocenters. The summed E-state index contributed by atoms with van der Waals surface area (Å²) in [6.45, 7) is 0.936. The Morgan fingerprint density at radius 2 is 2.06 bits per heavy atom. The van der Waals surface area contributed by atoms with Gasteiger partial charge in [-0.25, -0.2) is 4.39 Å². The van der Waals surface area contributed by atoms with Gasteiger partial charge in [0.2, 0.25) is 0 Å². The average Bonchev–Trinajstić information content (AvgIpc) is 2.70. The zero-order valence-corrected chi connectivity index (χ0v) is 10.6. The summed E-state index contributed by atoms with van der Waals surface area (Å²) in [5, 5.41) is 3.45. The smallest absolute Gasteiger partial charge is 0.123 e. The number of thiophene rings is 1. The molecule has 2 heterocycles. The first-order valence-electron chi connectivity index (χ1n) is 5.51. The summed E-state index contributed by atoms with van der Waals surface area (Å²) in [7, 11) is 0. The van der Waals surface area contributed by atoms with Gasteiger partial charge in [0.05, 0.1) is 10.4 Å². The minimum Gasteiger partial charge on any atom is -0.306 e. The molecule has 0 bridgehead atoms. The minimum absolute atomic E-state index is 0.142. The molecule has 3 rings (SSSR count). The largest absolute Gasteiger partial charge is 0.306 e. The molecule has 1 aliphatic rings. The summed E-state index contributed by atoms with van der Waals surface area (Å²) in [5.41, 5.74) is 2.32. The Kier molecular flexibility index (Phi) is 2.90. The normalized spacial score (nSPS) is 19.1. The van der Waals surface area contributed by atoms with Crippen molar-refractivity contribution >= 4 is 22.9 Å². The van der Waals surface area contributed by atoms with Crippen molar-refractivity contribution in [2.75, 3.05) is 6.54 Å². The van der Waals surface area contributed by atoms with Crippen molar-refractivity contribution < 1.29 is 4.39 Å². The highest BCUT2D eigenvalue weighted by Crippen LogP contribution is 2.36. The third-order valence-electron chi connectivity index (χ3n) is 3.03. The lowest BCUT2D eigenvalue weighted by molar-refractivity contribution is 0.571. The van der Waals surface area contributed by atoms with E-state index in [4.69, 9.17) is 11.6 Å². The molecule has 0 fully saturated rings. The van der Waals surface area contributed by atoms with Crippen LogP contribution in [0, 0.1) is 5.82 Å². The maximum atomic E-state index is 12.9. The van der Waals surface area contributed by atoms with Gasteiger partial charge in [-0.2, -0.15) is 0 Å². The van der Waals surface area contributed by atoms with E-state index in [0.717, 1.165) is 22.9 Å². The van der Waals surface area contributed by atoms with Gasteiger partial charge >= 0.3 is 0 Å². The summed E-state index contributed by atoms with van der Waals surface area (Å²) in [6.07, 6.45) is 1.02. The van der Waals surface area contributed by atoms with Crippen LogP contribution in [0.5, 0.6) is 0 Å². The van der Waals surface area contributed by atoms with Crippen molar-refractivity contribution in [3.63, 3.8) is 0 Å². The van der Waals surface area contributed by atoms with Gasteiger partial charge in [0.25, 0.3) is 0 Å². The molecule has 1 aromatic carbocycles. The van der Waals surface area contributed by atoms with Crippen molar-refractivity contribution in [1.29, 1.82) is 0 Å². The summed E-state index contributed by atoms with van der Waals surface area (Å²) < 4.78 is 13.7.